The third kappa shape index (κ3) is 7.30. The lowest BCUT2D eigenvalue weighted by Crippen LogP contribution is -2.44. The van der Waals surface area contributed by atoms with Crippen LogP contribution in [0.4, 0.5) is 0 Å². The number of ether oxygens (including phenoxy) is 1. The number of amides is 1. The Bertz CT molecular complexity index is 1580. The monoisotopic (exact) mass is 632 g/mol. The first-order valence-corrected chi connectivity index (χ1v) is 18.3. The van der Waals surface area contributed by atoms with E-state index in [0.29, 0.717) is 24.1 Å². The molecule has 1 unspecified atom stereocenters. The molecule has 3 aromatic rings. The number of nitrogens with one attached hydrogen (secondary N) is 1. The number of nitrogens with zero attached hydrogens (tertiary/aromatic N) is 3. The number of sulfonamides is 1. The van der Waals surface area contributed by atoms with Gasteiger partial charge in [-0.3, -0.25) is 9.48 Å². The summed E-state index contributed by atoms with van der Waals surface area (Å²) in [6, 6.07) is 14.5. The highest BCUT2D eigenvalue weighted by molar-refractivity contribution is 7.89. The third-order valence-electron chi connectivity index (χ3n) is 10.3. The number of methoxy groups -OCH3 is 1. The summed E-state index contributed by atoms with van der Waals surface area (Å²) >= 11 is 0. The summed E-state index contributed by atoms with van der Waals surface area (Å²) in [5.74, 6) is 1.36. The van der Waals surface area contributed by atoms with E-state index < -0.39 is 15.4 Å². The molecule has 242 valence electrons. The minimum Gasteiger partial charge on any atom is -0.496 e. The second kappa shape index (κ2) is 13.7. The van der Waals surface area contributed by atoms with Gasteiger partial charge in [0.25, 0.3) is 0 Å². The van der Waals surface area contributed by atoms with Crippen LogP contribution in [0.3, 0.4) is 0 Å². The summed E-state index contributed by atoms with van der Waals surface area (Å²) in [5.41, 5.74) is 4.92. The van der Waals surface area contributed by atoms with E-state index in [4.69, 9.17) is 4.74 Å². The molecule has 0 spiro atoms. The lowest BCUT2D eigenvalue weighted by molar-refractivity contribution is -0.126. The molecule has 9 heteroatoms. The van der Waals surface area contributed by atoms with Crippen molar-refractivity contribution in [1.29, 1.82) is 0 Å². The molecule has 0 aliphatic heterocycles. The number of hydrogen-bond acceptors (Lipinski definition) is 5. The van der Waals surface area contributed by atoms with E-state index in [9.17, 15) is 13.2 Å². The highest BCUT2D eigenvalue weighted by Gasteiger charge is 2.36. The SMILES string of the molecule is COc1ccc(C2CCC(CN(C)S(=O)(=O)C(NC(=O)C3CCCCC3)c3cccc(-c4cnn(C5CC5)c4)c3)CC2)cc1C. The van der Waals surface area contributed by atoms with Crippen molar-refractivity contribution in [2.45, 2.75) is 94.9 Å². The number of hydrogen-bond donors (Lipinski definition) is 1. The molecule has 1 heterocycles. The van der Waals surface area contributed by atoms with Gasteiger partial charge in [0.2, 0.25) is 15.9 Å². The van der Waals surface area contributed by atoms with Crippen molar-refractivity contribution in [3.05, 3.63) is 71.5 Å². The van der Waals surface area contributed by atoms with Crippen LogP contribution in [0.2, 0.25) is 0 Å². The zero-order chi connectivity index (χ0) is 31.6. The molecule has 45 heavy (non-hydrogen) atoms. The Morgan fingerprint density at radius 2 is 1.76 bits per heavy atom. The molecule has 3 saturated carbocycles. The van der Waals surface area contributed by atoms with E-state index in [0.717, 1.165) is 93.1 Å². The molecule has 3 aliphatic rings. The van der Waals surface area contributed by atoms with Crippen molar-refractivity contribution < 1.29 is 17.9 Å². The molecule has 0 bridgehead atoms. The quantitative estimate of drug-likeness (QED) is 0.243. The maximum Gasteiger partial charge on any atom is 0.239 e. The van der Waals surface area contributed by atoms with Crippen LogP contribution >= 0.6 is 0 Å². The van der Waals surface area contributed by atoms with Crippen molar-refractivity contribution >= 4 is 15.9 Å². The van der Waals surface area contributed by atoms with Gasteiger partial charge in [-0.2, -0.15) is 5.10 Å². The summed E-state index contributed by atoms with van der Waals surface area (Å²) in [4.78, 5) is 13.5. The van der Waals surface area contributed by atoms with Gasteiger partial charge in [-0.15, -0.1) is 0 Å². The average molecular weight is 633 g/mol. The normalized spacial score (nSPS) is 21.9. The first-order valence-electron chi connectivity index (χ1n) is 16.8. The van der Waals surface area contributed by atoms with E-state index >= 15 is 0 Å². The van der Waals surface area contributed by atoms with Crippen molar-refractivity contribution in [2.24, 2.45) is 11.8 Å². The second-order valence-corrected chi connectivity index (χ2v) is 15.7. The molecule has 1 atom stereocenters. The Morgan fingerprint density at radius 1 is 1.00 bits per heavy atom. The Hall–Kier alpha value is -3.17. The highest BCUT2D eigenvalue weighted by Crippen LogP contribution is 2.39. The summed E-state index contributed by atoms with van der Waals surface area (Å²) in [6.45, 7) is 2.52. The average Bonchev–Trinajstić information content (AvgIpc) is 3.80. The molecule has 3 fully saturated rings. The van der Waals surface area contributed by atoms with Crippen molar-refractivity contribution in [3.8, 4) is 16.9 Å². The van der Waals surface area contributed by atoms with Crippen LogP contribution in [0.25, 0.3) is 11.1 Å². The smallest absolute Gasteiger partial charge is 0.239 e. The molecule has 0 radical (unpaired) electrons. The number of benzene rings is 2. The predicted molar refractivity (Wildman–Crippen MR) is 177 cm³/mol. The number of aryl methyl sites for hydroxylation is 1. The van der Waals surface area contributed by atoms with Crippen molar-refractivity contribution in [1.82, 2.24) is 19.4 Å². The van der Waals surface area contributed by atoms with E-state index in [1.807, 2.05) is 47.4 Å². The molecule has 8 nitrogen and oxygen atoms in total. The summed E-state index contributed by atoms with van der Waals surface area (Å²) < 4.78 is 37.6. The van der Waals surface area contributed by atoms with Crippen molar-refractivity contribution in [2.75, 3.05) is 20.7 Å². The van der Waals surface area contributed by atoms with Gasteiger partial charge in [-0.05, 0) is 105 Å². The van der Waals surface area contributed by atoms with Gasteiger partial charge in [0.05, 0.1) is 19.3 Å². The summed E-state index contributed by atoms with van der Waals surface area (Å²) in [6.07, 6.45) is 14.9. The molecule has 1 N–H and O–H groups in total. The standard InChI is InChI=1S/C36H48N4O4S/c1-25-20-30(16-19-34(25)44-3)27-14-12-26(13-15-27)23-39(2)45(42,43)36(38-35(41)28-8-5-4-6-9-28)31-11-7-10-29(21-31)32-22-37-40(24-32)33-17-18-33/h7,10-11,16,19-22,24,26-28,33,36H,4-6,8-9,12-15,17-18,23H2,1-3H3,(H,38,41). The Morgan fingerprint density at radius 3 is 2.44 bits per heavy atom. The Labute approximate surface area is 268 Å². The van der Waals surface area contributed by atoms with Crippen LogP contribution in [0.1, 0.15) is 105 Å². The second-order valence-electron chi connectivity index (χ2n) is 13.6. The fourth-order valence-electron chi connectivity index (χ4n) is 7.33. The molecule has 1 amide bonds. The molecule has 0 saturated heterocycles. The number of carbonyl (C=O) groups is 1. The highest BCUT2D eigenvalue weighted by atomic mass is 32.2. The number of rotatable bonds is 11. The van der Waals surface area contributed by atoms with Crippen LogP contribution in [0.5, 0.6) is 5.75 Å². The summed E-state index contributed by atoms with van der Waals surface area (Å²) in [7, 11) is -0.519. The maximum absolute atomic E-state index is 14.3. The number of carbonyl (C=O) groups excluding carboxylic acids is 1. The zero-order valence-electron chi connectivity index (χ0n) is 27.0. The molecule has 3 aliphatic carbocycles. The van der Waals surface area contributed by atoms with Gasteiger partial charge in [0.1, 0.15) is 5.75 Å². The molecule has 2 aromatic carbocycles. The molecular formula is C36H48N4O4S. The fourth-order valence-corrected chi connectivity index (χ4v) is 8.86. The minimum absolute atomic E-state index is 0.140. The first kappa shape index (κ1) is 31.8. The van der Waals surface area contributed by atoms with Gasteiger partial charge in [0.15, 0.2) is 5.37 Å². The predicted octanol–water partition coefficient (Wildman–Crippen LogP) is 7.13. The Kier molecular flexibility index (Phi) is 9.66. The zero-order valence-corrected chi connectivity index (χ0v) is 27.8. The van der Waals surface area contributed by atoms with Gasteiger partial charge in [-0.25, -0.2) is 12.7 Å². The lowest BCUT2D eigenvalue weighted by Gasteiger charge is -2.33. The van der Waals surface area contributed by atoms with Crippen LogP contribution < -0.4 is 10.1 Å². The van der Waals surface area contributed by atoms with Crippen LogP contribution in [-0.4, -0.2) is 49.1 Å². The Balaban J connectivity index is 1.18. The van der Waals surface area contributed by atoms with Gasteiger partial charge in [-0.1, -0.05) is 49.6 Å². The van der Waals surface area contributed by atoms with E-state index in [1.54, 1.807) is 14.2 Å². The fraction of sp³-hybridized carbons (Fsp3) is 0.556. The molecular weight excluding hydrogens is 584 g/mol. The van der Waals surface area contributed by atoms with E-state index in [-0.39, 0.29) is 17.7 Å². The maximum atomic E-state index is 14.3. The largest absolute Gasteiger partial charge is 0.496 e. The summed E-state index contributed by atoms with van der Waals surface area (Å²) in [5, 5.41) is 6.40. The third-order valence-corrected chi connectivity index (χ3v) is 12.3. The lowest BCUT2D eigenvalue weighted by atomic mass is 9.78. The van der Waals surface area contributed by atoms with Gasteiger partial charge < -0.3 is 10.1 Å². The van der Waals surface area contributed by atoms with Crippen molar-refractivity contribution in [3.63, 3.8) is 0 Å². The van der Waals surface area contributed by atoms with Gasteiger partial charge in [0, 0.05) is 31.3 Å². The topological polar surface area (TPSA) is 93.5 Å². The van der Waals surface area contributed by atoms with Gasteiger partial charge >= 0.3 is 0 Å². The first-order chi connectivity index (χ1) is 21.7. The molecule has 6 rings (SSSR count). The van der Waals surface area contributed by atoms with Crippen LogP contribution in [-0.2, 0) is 14.8 Å². The molecule has 1 aromatic heterocycles. The minimum atomic E-state index is -3.90. The van der Waals surface area contributed by atoms with E-state index in [1.165, 1.54) is 9.87 Å². The van der Waals surface area contributed by atoms with E-state index in [2.05, 4.69) is 29.5 Å². The van der Waals surface area contributed by atoms with Crippen LogP contribution in [0, 0.1) is 18.8 Å². The number of aromatic nitrogens is 2. The van der Waals surface area contributed by atoms with Crippen LogP contribution in [0.15, 0.2) is 54.9 Å².